The van der Waals surface area contributed by atoms with Crippen molar-refractivity contribution in [3.8, 4) is 0 Å². The summed E-state index contributed by atoms with van der Waals surface area (Å²) in [6.07, 6.45) is -2.36. The number of amides is 1. The second-order valence-corrected chi connectivity index (χ2v) is 6.90. The van der Waals surface area contributed by atoms with Gasteiger partial charge in [0.1, 0.15) is 0 Å². The first-order chi connectivity index (χ1) is 14.6. The number of alkyl halides is 3. The van der Waals surface area contributed by atoms with Crippen LogP contribution in [0.5, 0.6) is 0 Å². The van der Waals surface area contributed by atoms with Gasteiger partial charge in [0.05, 0.1) is 30.5 Å². The van der Waals surface area contributed by atoms with Crippen LogP contribution in [0.25, 0.3) is 0 Å². The van der Waals surface area contributed by atoms with E-state index in [9.17, 15) is 22.4 Å². The van der Waals surface area contributed by atoms with E-state index in [1.807, 2.05) is 35.2 Å². The van der Waals surface area contributed by atoms with E-state index in [1.54, 1.807) is 0 Å². The summed E-state index contributed by atoms with van der Waals surface area (Å²) in [7, 11) is 0. The van der Waals surface area contributed by atoms with Crippen LogP contribution in [-0.2, 0) is 14.3 Å². The minimum atomic E-state index is -5.08. The van der Waals surface area contributed by atoms with Crippen molar-refractivity contribution in [3.63, 3.8) is 0 Å². The summed E-state index contributed by atoms with van der Waals surface area (Å²) in [5.41, 5.74) is 0.780. The summed E-state index contributed by atoms with van der Waals surface area (Å²) < 4.78 is 50.6. The lowest BCUT2D eigenvalue weighted by atomic mass is 9.99. The molecule has 8 nitrogen and oxygen atoms in total. The van der Waals surface area contributed by atoms with E-state index in [0.717, 1.165) is 18.1 Å². The van der Waals surface area contributed by atoms with Gasteiger partial charge in [-0.05, 0) is 18.6 Å². The van der Waals surface area contributed by atoms with Crippen LogP contribution in [0, 0.1) is 11.7 Å². The van der Waals surface area contributed by atoms with E-state index >= 15 is 0 Å². The Bertz CT molecular complexity index is 911. The van der Waals surface area contributed by atoms with E-state index < -0.39 is 18.0 Å². The van der Waals surface area contributed by atoms with Gasteiger partial charge in [0, 0.05) is 18.8 Å². The van der Waals surface area contributed by atoms with Crippen molar-refractivity contribution >= 4 is 23.5 Å². The topological polar surface area (TPSA) is 105 Å². The summed E-state index contributed by atoms with van der Waals surface area (Å²) >= 11 is 0. The first-order valence-corrected chi connectivity index (χ1v) is 9.17. The van der Waals surface area contributed by atoms with Crippen LogP contribution >= 0.6 is 0 Å². The van der Waals surface area contributed by atoms with Crippen molar-refractivity contribution in [1.29, 1.82) is 0 Å². The van der Waals surface area contributed by atoms with Crippen LogP contribution in [0.3, 0.4) is 0 Å². The minimum Gasteiger partial charge on any atom is -0.475 e. The average Bonchev–Trinajstić information content (AvgIpc) is 3.02. The zero-order chi connectivity index (χ0) is 22.6. The Hall–Kier alpha value is -3.28. The zero-order valence-electron chi connectivity index (χ0n) is 15.9. The number of ether oxygens (including phenoxy) is 1. The lowest BCUT2D eigenvalue weighted by Gasteiger charge is -2.32. The van der Waals surface area contributed by atoms with Gasteiger partial charge in [0.2, 0.25) is 11.9 Å². The van der Waals surface area contributed by atoms with Crippen molar-refractivity contribution in [2.45, 2.75) is 24.8 Å². The molecular weight excluding hydrogens is 424 g/mol. The Morgan fingerprint density at radius 3 is 2.32 bits per heavy atom. The number of rotatable bonds is 3. The number of para-hydroxylation sites is 1. The Labute approximate surface area is 173 Å². The molecule has 4 rings (SSSR count). The van der Waals surface area contributed by atoms with Crippen molar-refractivity contribution in [2.75, 3.05) is 23.3 Å². The highest BCUT2D eigenvalue weighted by Gasteiger charge is 2.45. The summed E-state index contributed by atoms with van der Waals surface area (Å²) in [6, 6.07) is 9.39. The first kappa shape index (κ1) is 22.4. The SMILES string of the molecule is O=C(Nc1ccccc1)[C@H]1C[C@@H]2CN(c3ncc(F)cn3)C[C@H]1O2.O=C(O)C(F)(F)F. The van der Waals surface area contributed by atoms with E-state index in [4.69, 9.17) is 14.6 Å². The fraction of sp³-hybridized carbons (Fsp3) is 0.368. The van der Waals surface area contributed by atoms with E-state index in [0.29, 0.717) is 25.5 Å². The lowest BCUT2D eigenvalue weighted by Crippen LogP contribution is -2.45. The number of hydrogen-bond donors (Lipinski definition) is 2. The molecule has 2 saturated heterocycles. The van der Waals surface area contributed by atoms with Gasteiger partial charge in [-0.25, -0.2) is 19.2 Å². The monoisotopic (exact) mass is 442 g/mol. The summed E-state index contributed by atoms with van der Waals surface area (Å²) in [4.78, 5) is 31.4. The van der Waals surface area contributed by atoms with Crippen LogP contribution in [0.2, 0.25) is 0 Å². The average molecular weight is 442 g/mol. The van der Waals surface area contributed by atoms with Gasteiger partial charge >= 0.3 is 12.1 Å². The van der Waals surface area contributed by atoms with Gasteiger partial charge in [0.25, 0.3) is 0 Å². The van der Waals surface area contributed by atoms with Gasteiger partial charge < -0.3 is 20.1 Å². The molecule has 1 aromatic heterocycles. The standard InChI is InChI=1S/C17H17FN4O2.C2HF3O2/c18-11-7-19-17(20-8-11)22-9-13-6-14(15(10-22)24-13)16(23)21-12-4-2-1-3-5-12;3-2(4,5)1(6)7/h1-5,7-8,13-15H,6,9-10H2,(H,21,23);(H,6,7)/t13-,14+,15-;/m1./s1. The molecule has 0 saturated carbocycles. The Morgan fingerprint density at radius 2 is 1.74 bits per heavy atom. The molecule has 166 valence electrons. The minimum absolute atomic E-state index is 0.0319. The maximum absolute atomic E-state index is 13.0. The van der Waals surface area contributed by atoms with E-state index in [2.05, 4.69) is 15.3 Å². The van der Waals surface area contributed by atoms with Crippen LogP contribution in [0.15, 0.2) is 42.7 Å². The number of aliphatic carboxylic acids is 1. The maximum Gasteiger partial charge on any atom is 0.490 e. The number of nitrogens with one attached hydrogen (secondary N) is 1. The number of aromatic nitrogens is 2. The highest BCUT2D eigenvalue weighted by molar-refractivity contribution is 5.93. The molecule has 0 spiro atoms. The fourth-order valence-corrected chi connectivity index (χ4v) is 3.32. The Morgan fingerprint density at radius 1 is 1.13 bits per heavy atom. The number of fused-ring (bicyclic) bond motifs is 2. The predicted octanol–water partition coefficient (Wildman–Crippen LogP) is 2.48. The summed E-state index contributed by atoms with van der Waals surface area (Å²) in [6.45, 7) is 1.13. The van der Waals surface area contributed by atoms with Crippen LogP contribution in [-0.4, -0.2) is 58.4 Å². The second-order valence-electron chi connectivity index (χ2n) is 6.90. The lowest BCUT2D eigenvalue weighted by molar-refractivity contribution is -0.192. The molecular formula is C19H18F4N4O4. The van der Waals surface area contributed by atoms with Crippen molar-refractivity contribution in [1.82, 2.24) is 9.97 Å². The fourth-order valence-electron chi connectivity index (χ4n) is 3.32. The third kappa shape index (κ3) is 5.87. The van der Waals surface area contributed by atoms with Gasteiger partial charge in [0.15, 0.2) is 5.82 Å². The summed E-state index contributed by atoms with van der Waals surface area (Å²) in [5.74, 6) is -2.99. The predicted molar refractivity (Wildman–Crippen MR) is 99.7 cm³/mol. The number of nitrogens with zero attached hydrogens (tertiary/aromatic N) is 3. The van der Waals surface area contributed by atoms with Gasteiger partial charge in [-0.3, -0.25) is 4.79 Å². The molecule has 2 aromatic rings. The largest absolute Gasteiger partial charge is 0.490 e. The molecule has 2 aliphatic rings. The van der Waals surface area contributed by atoms with E-state index in [-0.39, 0.29) is 24.0 Å². The molecule has 1 amide bonds. The van der Waals surface area contributed by atoms with Gasteiger partial charge in [-0.2, -0.15) is 13.2 Å². The molecule has 0 radical (unpaired) electrons. The van der Waals surface area contributed by atoms with Crippen molar-refractivity contribution in [3.05, 3.63) is 48.5 Å². The maximum atomic E-state index is 13.0. The molecule has 2 aliphatic heterocycles. The third-order valence-electron chi connectivity index (χ3n) is 4.67. The van der Waals surface area contributed by atoms with Gasteiger partial charge in [-0.15, -0.1) is 0 Å². The Balaban J connectivity index is 0.000000339. The number of anilines is 2. The highest BCUT2D eigenvalue weighted by atomic mass is 19.4. The van der Waals surface area contributed by atoms with Crippen LogP contribution in [0.4, 0.5) is 29.2 Å². The normalized spacial score (nSPS) is 22.3. The number of carbonyl (C=O) groups excluding carboxylic acids is 1. The molecule has 1 aromatic carbocycles. The second kappa shape index (κ2) is 9.25. The van der Waals surface area contributed by atoms with Crippen molar-refractivity contribution < 1.29 is 37.0 Å². The molecule has 2 bridgehead atoms. The third-order valence-corrected chi connectivity index (χ3v) is 4.67. The van der Waals surface area contributed by atoms with Crippen LogP contribution in [0.1, 0.15) is 6.42 Å². The quantitative estimate of drug-likeness (QED) is 0.704. The van der Waals surface area contributed by atoms with Gasteiger partial charge in [-0.1, -0.05) is 18.2 Å². The number of halogens is 4. The first-order valence-electron chi connectivity index (χ1n) is 9.17. The molecule has 0 aliphatic carbocycles. The zero-order valence-corrected chi connectivity index (χ0v) is 15.9. The number of carbonyl (C=O) groups is 2. The molecule has 2 N–H and O–H groups in total. The van der Waals surface area contributed by atoms with E-state index in [1.165, 1.54) is 0 Å². The number of morpholine rings is 1. The number of hydrogen-bond acceptors (Lipinski definition) is 6. The highest BCUT2D eigenvalue weighted by Crippen LogP contribution is 2.33. The molecule has 3 atom stereocenters. The number of carboxylic acid groups (broad SMARTS) is 1. The summed E-state index contributed by atoms with van der Waals surface area (Å²) in [5, 5.41) is 10.1. The molecule has 12 heteroatoms. The molecule has 31 heavy (non-hydrogen) atoms. The van der Waals surface area contributed by atoms with Crippen LogP contribution < -0.4 is 10.2 Å². The van der Waals surface area contributed by atoms with Crippen molar-refractivity contribution in [2.24, 2.45) is 5.92 Å². The smallest absolute Gasteiger partial charge is 0.475 e. The molecule has 2 fully saturated rings. The number of benzene rings is 1. The number of carboxylic acids is 1. The Kier molecular flexibility index (Phi) is 6.68. The molecule has 0 unspecified atom stereocenters. The molecule has 3 heterocycles.